The number of nitrogens with one attached hydrogen (secondary N) is 1. The second kappa shape index (κ2) is 6.14. The minimum absolute atomic E-state index is 0.198. The summed E-state index contributed by atoms with van der Waals surface area (Å²) in [5.74, 6) is -0.237. The number of rotatable bonds is 4. The van der Waals surface area contributed by atoms with Crippen LogP contribution in [0.3, 0.4) is 0 Å². The lowest BCUT2D eigenvalue weighted by molar-refractivity contribution is 0.561. The standard InChI is InChI=1S/C17H15ClFNS/c1-2-20-16(14-10-12(18)6-7-15(14)19)13-5-3-4-11-8-9-21-17(11)13/h3-10,16,20H,2H2,1H3. The van der Waals surface area contributed by atoms with Crippen molar-refractivity contribution in [3.63, 3.8) is 0 Å². The van der Waals surface area contributed by atoms with Crippen molar-refractivity contribution < 1.29 is 4.39 Å². The molecule has 4 heteroatoms. The van der Waals surface area contributed by atoms with Gasteiger partial charge in [0.2, 0.25) is 0 Å². The normalized spacial score (nSPS) is 12.7. The van der Waals surface area contributed by atoms with E-state index >= 15 is 0 Å². The molecule has 0 spiro atoms. The van der Waals surface area contributed by atoms with Crippen molar-refractivity contribution in [1.29, 1.82) is 0 Å². The van der Waals surface area contributed by atoms with E-state index in [2.05, 4.69) is 22.8 Å². The summed E-state index contributed by atoms with van der Waals surface area (Å²) >= 11 is 7.73. The fourth-order valence-electron chi connectivity index (χ4n) is 2.57. The highest BCUT2D eigenvalue weighted by molar-refractivity contribution is 7.17. The van der Waals surface area contributed by atoms with E-state index in [1.165, 1.54) is 16.2 Å². The maximum Gasteiger partial charge on any atom is 0.128 e. The molecule has 0 fully saturated rings. The molecule has 1 atom stereocenters. The van der Waals surface area contributed by atoms with Crippen LogP contribution < -0.4 is 5.32 Å². The molecule has 0 amide bonds. The molecule has 1 N–H and O–H groups in total. The molecule has 0 aliphatic heterocycles. The van der Waals surface area contributed by atoms with Crippen molar-refractivity contribution in [3.8, 4) is 0 Å². The Balaban J connectivity index is 2.18. The van der Waals surface area contributed by atoms with E-state index < -0.39 is 0 Å². The van der Waals surface area contributed by atoms with Gasteiger partial charge in [-0.3, -0.25) is 0 Å². The number of hydrogen-bond donors (Lipinski definition) is 1. The van der Waals surface area contributed by atoms with E-state index in [0.29, 0.717) is 10.6 Å². The van der Waals surface area contributed by atoms with Gasteiger partial charge in [-0.2, -0.15) is 0 Å². The van der Waals surface area contributed by atoms with Crippen LogP contribution in [0.15, 0.2) is 47.8 Å². The second-order valence-corrected chi connectivity index (χ2v) is 6.20. The summed E-state index contributed by atoms with van der Waals surface area (Å²) in [6.07, 6.45) is 0. The average Bonchev–Trinajstić information content (AvgIpc) is 2.96. The molecule has 0 aliphatic rings. The van der Waals surface area contributed by atoms with Gasteiger partial charge in [0.15, 0.2) is 0 Å². The molecule has 0 saturated heterocycles. The molecule has 108 valence electrons. The van der Waals surface area contributed by atoms with Gasteiger partial charge in [-0.25, -0.2) is 4.39 Å². The summed E-state index contributed by atoms with van der Waals surface area (Å²) in [6.45, 7) is 2.77. The molecule has 1 aromatic heterocycles. The molecule has 0 bridgehead atoms. The molecule has 2 aromatic carbocycles. The molecule has 1 heterocycles. The van der Waals surface area contributed by atoms with Gasteiger partial charge in [0.05, 0.1) is 6.04 Å². The zero-order valence-electron chi connectivity index (χ0n) is 11.6. The summed E-state index contributed by atoms with van der Waals surface area (Å²) in [4.78, 5) is 0. The Morgan fingerprint density at radius 3 is 2.86 bits per heavy atom. The molecular weight excluding hydrogens is 305 g/mol. The molecular formula is C17H15ClFNS. The third-order valence-corrected chi connectivity index (χ3v) is 4.71. The smallest absolute Gasteiger partial charge is 0.128 e. The quantitative estimate of drug-likeness (QED) is 0.679. The predicted octanol–water partition coefficient (Wildman–Crippen LogP) is 5.39. The van der Waals surface area contributed by atoms with Crippen LogP contribution in [0.4, 0.5) is 4.39 Å². The molecule has 0 aliphatic carbocycles. The van der Waals surface area contributed by atoms with E-state index in [1.54, 1.807) is 23.5 Å². The molecule has 3 rings (SSSR count). The van der Waals surface area contributed by atoms with Gasteiger partial charge >= 0.3 is 0 Å². The minimum atomic E-state index is -0.237. The fraction of sp³-hybridized carbons (Fsp3) is 0.176. The first kappa shape index (κ1) is 14.5. The highest BCUT2D eigenvalue weighted by Crippen LogP contribution is 2.34. The number of halogens is 2. The Labute approximate surface area is 132 Å². The Morgan fingerprint density at radius 2 is 2.05 bits per heavy atom. The molecule has 3 aromatic rings. The highest BCUT2D eigenvalue weighted by Gasteiger charge is 2.20. The highest BCUT2D eigenvalue weighted by atomic mass is 35.5. The molecule has 1 nitrogen and oxygen atoms in total. The molecule has 0 saturated carbocycles. The second-order valence-electron chi connectivity index (χ2n) is 4.84. The van der Waals surface area contributed by atoms with E-state index in [-0.39, 0.29) is 11.9 Å². The number of fused-ring (bicyclic) bond motifs is 1. The van der Waals surface area contributed by atoms with Gasteiger partial charge < -0.3 is 5.32 Å². The van der Waals surface area contributed by atoms with Crippen molar-refractivity contribution in [2.75, 3.05) is 6.54 Å². The SMILES string of the molecule is CCNC(c1cc(Cl)ccc1F)c1cccc2ccsc12. The van der Waals surface area contributed by atoms with Crippen molar-refractivity contribution in [2.24, 2.45) is 0 Å². The Bertz CT molecular complexity index is 768. The van der Waals surface area contributed by atoms with E-state index in [4.69, 9.17) is 11.6 Å². The molecule has 0 radical (unpaired) electrons. The lowest BCUT2D eigenvalue weighted by Crippen LogP contribution is -2.23. The first-order valence-electron chi connectivity index (χ1n) is 6.85. The first-order valence-corrected chi connectivity index (χ1v) is 8.11. The molecule has 21 heavy (non-hydrogen) atoms. The molecule has 1 unspecified atom stereocenters. The third-order valence-electron chi connectivity index (χ3n) is 3.50. The van der Waals surface area contributed by atoms with E-state index in [1.807, 2.05) is 19.1 Å². The fourth-order valence-corrected chi connectivity index (χ4v) is 3.70. The van der Waals surface area contributed by atoms with Crippen LogP contribution >= 0.6 is 22.9 Å². The number of hydrogen-bond acceptors (Lipinski definition) is 2. The Kier molecular flexibility index (Phi) is 4.24. The summed E-state index contributed by atoms with van der Waals surface area (Å²) in [5, 5.41) is 7.17. The Hall–Kier alpha value is -1.42. The maximum absolute atomic E-state index is 14.3. The maximum atomic E-state index is 14.3. The van der Waals surface area contributed by atoms with Crippen LogP contribution in [-0.4, -0.2) is 6.54 Å². The van der Waals surface area contributed by atoms with Gasteiger partial charge in [-0.1, -0.05) is 36.7 Å². The summed E-state index contributed by atoms with van der Waals surface area (Å²) in [6, 6.07) is 12.7. The summed E-state index contributed by atoms with van der Waals surface area (Å²) in [5.41, 5.74) is 1.68. The average molecular weight is 320 g/mol. The van der Waals surface area contributed by atoms with Gasteiger partial charge in [0.25, 0.3) is 0 Å². The van der Waals surface area contributed by atoms with E-state index in [9.17, 15) is 4.39 Å². The van der Waals surface area contributed by atoms with Gasteiger partial charge in [-0.15, -0.1) is 11.3 Å². The van der Waals surface area contributed by atoms with Gasteiger partial charge in [0.1, 0.15) is 5.82 Å². The van der Waals surface area contributed by atoms with Crippen LogP contribution in [-0.2, 0) is 0 Å². The van der Waals surface area contributed by atoms with Gasteiger partial charge in [-0.05, 0) is 47.1 Å². The summed E-state index contributed by atoms with van der Waals surface area (Å²) < 4.78 is 15.4. The van der Waals surface area contributed by atoms with Crippen LogP contribution in [0, 0.1) is 5.82 Å². The zero-order chi connectivity index (χ0) is 14.8. The first-order chi connectivity index (χ1) is 10.2. The Morgan fingerprint density at radius 1 is 1.19 bits per heavy atom. The lowest BCUT2D eigenvalue weighted by Gasteiger charge is -2.20. The van der Waals surface area contributed by atoms with Gasteiger partial charge in [0, 0.05) is 15.3 Å². The monoisotopic (exact) mass is 319 g/mol. The van der Waals surface area contributed by atoms with Crippen molar-refractivity contribution >= 4 is 33.0 Å². The van der Waals surface area contributed by atoms with Crippen molar-refractivity contribution in [2.45, 2.75) is 13.0 Å². The van der Waals surface area contributed by atoms with Crippen molar-refractivity contribution in [1.82, 2.24) is 5.32 Å². The minimum Gasteiger partial charge on any atom is -0.306 e. The van der Waals surface area contributed by atoms with Crippen LogP contribution in [0.5, 0.6) is 0 Å². The van der Waals surface area contributed by atoms with Crippen LogP contribution in [0.2, 0.25) is 5.02 Å². The van der Waals surface area contributed by atoms with Crippen LogP contribution in [0.25, 0.3) is 10.1 Å². The predicted molar refractivity (Wildman–Crippen MR) is 88.8 cm³/mol. The lowest BCUT2D eigenvalue weighted by atomic mass is 9.97. The van der Waals surface area contributed by atoms with Crippen molar-refractivity contribution in [3.05, 3.63) is 69.8 Å². The zero-order valence-corrected chi connectivity index (χ0v) is 13.1. The van der Waals surface area contributed by atoms with E-state index in [0.717, 1.165) is 12.1 Å². The summed E-state index contributed by atoms with van der Waals surface area (Å²) in [7, 11) is 0. The third kappa shape index (κ3) is 2.82. The number of benzene rings is 2. The number of thiophene rings is 1. The van der Waals surface area contributed by atoms with Crippen LogP contribution in [0.1, 0.15) is 24.1 Å². The topological polar surface area (TPSA) is 12.0 Å². The largest absolute Gasteiger partial charge is 0.306 e.